The Hall–Kier alpha value is -2.61. The first-order chi connectivity index (χ1) is 12.1. The van der Waals surface area contributed by atoms with Gasteiger partial charge in [0, 0.05) is 38.6 Å². The lowest BCUT2D eigenvalue weighted by Crippen LogP contribution is -2.45. The summed E-state index contributed by atoms with van der Waals surface area (Å²) in [6.07, 6.45) is 7.33. The second-order valence-electron chi connectivity index (χ2n) is 6.25. The molecule has 2 unspecified atom stereocenters. The molecule has 8 heteroatoms. The number of rotatable bonds is 5. The van der Waals surface area contributed by atoms with Gasteiger partial charge in [-0.25, -0.2) is 14.8 Å². The zero-order valence-electron chi connectivity index (χ0n) is 14.6. The van der Waals surface area contributed by atoms with Gasteiger partial charge in [0.15, 0.2) is 0 Å². The molecule has 134 valence electrons. The van der Waals surface area contributed by atoms with Crippen LogP contribution in [0.5, 0.6) is 0 Å². The van der Waals surface area contributed by atoms with Crippen molar-refractivity contribution in [3.8, 4) is 0 Å². The Kier molecular flexibility index (Phi) is 5.49. The maximum atomic E-state index is 11.9. The van der Waals surface area contributed by atoms with Crippen molar-refractivity contribution in [2.24, 2.45) is 0 Å². The van der Waals surface area contributed by atoms with Gasteiger partial charge in [-0.3, -0.25) is 0 Å². The predicted molar refractivity (Wildman–Crippen MR) is 95.7 cm³/mol. The van der Waals surface area contributed by atoms with Crippen molar-refractivity contribution in [2.45, 2.75) is 32.6 Å². The first-order valence-corrected chi connectivity index (χ1v) is 8.47. The predicted octanol–water partition coefficient (Wildman–Crippen LogP) is 1.71. The highest BCUT2D eigenvalue weighted by Crippen LogP contribution is 2.19. The molecule has 8 nitrogen and oxygen atoms in total. The summed E-state index contributed by atoms with van der Waals surface area (Å²) in [6.45, 7) is 6.96. The SMILES string of the molecule is CC1CN(c2ccc(NC(=O)NCCn3ccnc3)cn2)CC(C)O1. The molecule has 25 heavy (non-hydrogen) atoms. The molecule has 2 atom stereocenters. The number of pyridine rings is 1. The highest BCUT2D eigenvalue weighted by molar-refractivity contribution is 5.89. The van der Waals surface area contributed by atoms with Gasteiger partial charge < -0.3 is 24.8 Å². The number of amides is 2. The van der Waals surface area contributed by atoms with Gasteiger partial charge in [-0.05, 0) is 26.0 Å². The lowest BCUT2D eigenvalue weighted by atomic mass is 10.2. The van der Waals surface area contributed by atoms with Crippen molar-refractivity contribution in [3.05, 3.63) is 37.1 Å². The summed E-state index contributed by atoms with van der Waals surface area (Å²) in [5.74, 6) is 0.896. The Morgan fingerprint density at radius 3 is 2.76 bits per heavy atom. The van der Waals surface area contributed by atoms with Gasteiger partial charge in [0.1, 0.15) is 5.82 Å². The minimum Gasteiger partial charge on any atom is -0.372 e. The van der Waals surface area contributed by atoms with Crippen LogP contribution < -0.4 is 15.5 Å². The monoisotopic (exact) mass is 344 g/mol. The van der Waals surface area contributed by atoms with E-state index in [0.717, 1.165) is 18.9 Å². The average Bonchev–Trinajstić information content (AvgIpc) is 3.08. The summed E-state index contributed by atoms with van der Waals surface area (Å²) in [5.41, 5.74) is 0.665. The number of nitrogens with zero attached hydrogens (tertiary/aromatic N) is 4. The first kappa shape index (κ1) is 17.2. The molecular formula is C17H24N6O2. The van der Waals surface area contributed by atoms with E-state index in [1.54, 1.807) is 18.7 Å². The van der Waals surface area contributed by atoms with Crippen molar-refractivity contribution < 1.29 is 9.53 Å². The molecule has 2 N–H and O–H groups in total. The van der Waals surface area contributed by atoms with E-state index in [1.807, 2.05) is 22.9 Å². The smallest absolute Gasteiger partial charge is 0.319 e. The van der Waals surface area contributed by atoms with Crippen molar-refractivity contribution in [1.82, 2.24) is 19.9 Å². The van der Waals surface area contributed by atoms with E-state index < -0.39 is 0 Å². The Balaban J connectivity index is 1.47. The summed E-state index contributed by atoms with van der Waals surface area (Å²) in [7, 11) is 0. The topological polar surface area (TPSA) is 84.3 Å². The van der Waals surface area contributed by atoms with Crippen LogP contribution in [0.4, 0.5) is 16.3 Å². The van der Waals surface area contributed by atoms with Crippen LogP contribution in [0.1, 0.15) is 13.8 Å². The van der Waals surface area contributed by atoms with Gasteiger partial charge in [-0.15, -0.1) is 0 Å². The Morgan fingerprint density at radius 1 is 1.32 bits per heavy atom. The van der Waals surface area contributed by atoms with Crippen molar-refractivity contribution in [1.29, 1.82) is 0 Å². The number of carbonyl (C=O) groups is 1. The van der Waals surface area contributed by atoms with Crippen molar-refractivity contribution >= 4 is 17.5 Å². The number of morpholine rings is 1. The minimum atomic E-state index is -0.247. The van der Waals surface area contributed by atoms with E-state index in [-0.39, 0.29) is 18.2 Å². The second kappa shape index (κ2) is 7.98. The van der Waals surface area contributed by atoms with E-state index in [0.29, 0.717) is 18.8 Å². The highest BCUT2D eigenvalue weighted by atomic mass is 16.5. The van der Waals surface area contributed by atoms with Crippen LogP contribution in [0.3, 0.4) is 0 Å². The number of anilines is 2. The summed E-state index contributed by atoms with van der Waals surface area (Å²) in [4.78, 5) is 22.5. The fourth-order valence-electron chi connectivity index (χ4n) is 2.90. The molecule has 3 heterocycles. The largest absolute Gasteiger partial charge is 0.372 e. The first-order valence-electron chi connectivity index (χ1n) is 8.47. The van der Waals surface area contributed by atoms with Crippen LogP contribution in [0, 0.1) is 0 Å². The number of hydrogen-bond acceptors (Lipinski definition) is 5. The summed E-state index contributed by atoms with van der Waals surface area (Å²) in [6, 6.07) is 3.54. The van der Waals surface area contributed by atoms with Gasteiger partial charge >= 0.3 is 6.03 Å². The molecule has 1 fully saturated rings. The fraction of sp³-hybridized carbons (Fsp3) is 0.471. The highest BCUT2D eigenvalue weighted by Gasteiger charge is 2.22. The van der Waals surface area contributed by atoms with Gasteiger partial charge in [0.25, 0.3) is 0 Å². The normalized spacial score (nSPS) is 20.3. The fourth-order valence-corrected chi connectivity index (χ4v) is 2.90. The van der Waals surface area contributed by atoms with Gasteiger partial charge in [-0.1, -0.05) is 0 Å². The van der Waals surface area contributed by atoms with Crippen molar-refractivity contribution in [2.75, 3.05) is 29.9 Å². The third-order valence-corrected chi connectivity index (χ3v) is 3.96. The molecule has 2 aromatic heterocycles. The molecule has 1 aliphatic rings. The lowest BCUT2D eigenvalue weighted by Gasteiger charge is -2.36. The minimum absolute atomic E-state index is 0.185. The Morgan fingerprint density at radius 2 is 2.12 bits per heavy atom. The number of urea groups is 1. The van der Waals surface area contributed by atoms with E-state index in [1.165, 1.54) is 0 Å². The maximum Gasteiger partial charge on any atom is 0.319 e. The van der Waals surface area contributed by atoms with Crippen molar-refractivity contribution in [3.63, 3.8) is 0 Å². The quantitative estimate of drug-likeness (QED) is 0.863. The molecule has 0 bridgehead atoms. The van der Waals surface area contributed by atoms with E-state index in [4.69, 9.17) is 4.74 Å². The van der Waals surface area contributed by atoms with Crippen LogP contribution >= 0.6 is 0 Å². The number of hydrogen-bond donors (Lipinski definition) is 2. The van der Waals surface area contributed by atoms with E-state index in [9.17, 15) is 4.79 Å². The van der Waals surface area contributed by atoms with Crippen LogP contribution in [-0.2, 0) is 11.3 Å². The van der Waals surface area contributed by atoms with Crippen LogP contribution in [-0.4, -0.2) is 52.4 Å². The molecule has 2 amide bonds. The molecule has 1 aliphatic heterocycles. The molecule has 0 spiro atoms. The summed E-state index contributed by atoms with van der Waals surface area (Å²) >= 11 is 0. The second-order valence-corrected chi connectivity index (χ2v) is 6.25. The van der Waals surface area contributed by atoms with Crippen LogP contribution in [0.15, 0.2) is 37.1 Å². The zero-order chi connectivity index (χ0) is 17.6. The van der Waals surface area contributed by atoms with Gasteiger partial charge in [0.2, 0.25) is 0 Å². The number of nitrogens with one attached hydrogen (secondary N) is 2. The number of aromatic nitrogens is 3. The maximum absolute atomic E-state index is 11.9. The third-order valence-electron chi connectivity index (χ3n) is 3.96. The molecule has 0 saturated carbocycles. The molecule has 1 saturated heterocycles. The summed E-state index contributed by atoms with van der Waals surface area (Å²) in [5, 5.41) is 5.59. The Bertz CT molecular complexity index is 663. The average molecular weight is 344 g/mol. The molecule has 0 radical (unpaired) electrons. The third kappa shape index (κ3) is 4.93. The van der Waals surface area contributed by atoms with Gasteiger partial charge in [0.05, 0.1) is 30.4 Å². The molecule has 0 aromatic carbocycles. The molecular weight excluding hydrogens is 320 g/mol. The van der Waals surface area contributed by atoms with Crippen LogP contribution in [0.25, 0.3) is 0 Å². The Labute approximate surface area is 147 Å². The number of imidazole rings is 1. The number of carbonyl (C=O) groups excluding carboxylic acids is 1. The lowest BCUT2D eigenvalue weighted by molar-refractivity contribution is -0.00545. The molecule has 3 rings (SSSR count). The van der Waals surface area contributed by atoms with Crippen LogP contribution in [0.2, 0.25) is 0 Å². The standard InChI is InChI=1S/C17H24N6O2/c1-13-10-23(11-14(2)25-13)16-4-3-15(9-20-16)21-17(24)19-6-8-22-7-5-18-12-22/h3-5,7,9,12-14H,6,8,10-11H2,1-2H3,(H2,19,21,24). The molecule has 2 aromatic rings. The van der Waals surface area contributed by atoms with E-state index in [2.05, 4.69) is 39.3 Å². The van der Waals surface area contributed by atoms with Gasteiger partial charge in [-0.2, -0.15) is 0 Å². The van der Waals surface area contributed by atoms with E-state index >= 15 is 0 Å². The molecule has 0 aliphatic carbocycles. The number of ether oxygens (including phenoxy) is 1. The zero-order valence-corrected chi connectivity index (χ0v) is 14.6. The summed E-state index contributed by atoms with van der Waals surface area (Å²) < 4.78 is 7.64.